The maximum absolute atomic E-state index is 12.1. The third kappa shape index (κ3) is 2.36. The topological polar surface area (TPSA) is 38.8 Å². The number of carbonyl (C=O) groups is 1. The Morgan fingerprint density at radius 3 is 3.06 bits per heavy atom. The number of amides is 1. The minimum atomic E-state index is -0.568. The van der Waals surface area contributed by atoms with Crippen LogP contribution in [-0.4, -0.2) is 31.7 Å². The molecule has 0 fully saturated rings. The molecule has 0 aromatic heterocycles. The van der Waals surface area contributed by atoms with E-state index in [4.69, 9.17) is 9.57 Å². The zero-order valence-corrected chi connectivity index (χ0v) is 11.4. The van der Waals surface area contributed by atoms with Crippen molar-refractivity contribution in [1.29, 1.82) is 0 Å². The molecule has 4 nitrogen and oxygen atoms in total. The van der Waals surface area contributed by atoms with E-state index in [0.717, 1.165) is 22.0 Å². The Hall–Kier alpha value is -0.910. The molecule has 1 aromatic carbocycles. The maximum atomic E-state index is 12.1. The number of ether oxygens (including phenoxy) is 1. The predicted molar refractivity (Wildman–Crippen MR) is 66.3 cm³/mol. The highest BCUT2D eigenvalue weighted by Crippen LogP contribution is 2.32. The van der Waals surface area contributed by atoms with Crippen molar-refractivity contribution in [1.82, 2.24) is 5.06 Å². The normalized spacial score (nSPS) is 18.6. The third-order valence-electron chi connectivity index (χ3n) is 2.88. The van der Waals surface area contributed by atoms with E-state index in [0.29, 0.717) is 6.61 Å². The van der Waals surface area contributed by atoms with E-state index < -0.39 is 6.10 Å². The van der Waals surface area contributed by atoms with Gasteiger partial charge in [0.05, 0.1) is 13.7 Å². The lowest BCUT2D eigenvalue weighted by atomic mass is 9.97. The number of hydrogen-bond donors (Lipinski definition) is 0. The molecule has 1 atom stereocenters. The second-order valence-corrected chi connectivity index (χ2v) is 4.68. The molecule has 2 rings (SSSR count). The molecule has 1 unspecified atom stereocenters. The van der Waals surface area contributed by atoms with Gasteiger partial charge in [-0.1, -0.05) is 28.1 Å². The Morgan fingerprint density at radius 2 is 2.35 bits per heavy atom. The average Bonchev–Trinajstić information content (AvgIpc) is 2.37. The summed E-state index contributed by atoms with van der Waals surface area (Å²) in [6.45, 7) is 0.545. The first-order valence-electron chi connectivity index (χ1n) is 5.35. The molecular formula is C12H14BrNO3. The van der Waals surface area contributed by atoms with Crippen LogP contribution < -0.4 is 0 Å². The van der Waals surface area contributed by atoms with Gasteiger partial charge in [-0.15, -0.1) is 0 Å². The summed E-state index contributed by atoms with van der Waals surface area (Å²) in [6, 6.07) is 5.81. The lowest BCUT2D eigenvalue weighted by Crippen LogP contribution is -2.34. The van der Waals surface area contributed by atoms with Crippen LogP contribution >= 0.6 is 15.9 Å². The molecule has 92 valence electrons. The number of benzene rings is 1. The summed E-state index contributed by atoms with van der Waals surface area (Å²) in [5.74, 6) is -0.188. The van der Waals surface area contributed by atoms with Gasteiger partial charge in [-0.25, -0.2) is 5.06 Å². The van der Waals surface area contributed by atoms with Crippen LogP contribution in [0.5, 0.6) is 0 Å². The van der Waals surface area contributed by atoms with E-state index in [1.54, 1.807) is 7.05 Å². The third-order valence-corrected chi connectivity index (χ3v) is 3.63. The van der Waals surface area contributed by atoms with Crippen LogP contribution in [0.15, 0.2) is 22.7 Å². The molecule has 1 aliphatic rings. The number of carbonyl (C=O) groups excluding carboxylic acids is 1. The number of rotatable bonds is 2. The zero-order valence-electron chi connectivity index (χ0n) is 9.77. The van der Waals surface area contributed by atoms with E-state index in [9.17, 15) is 4.79 Å². The maximum Gasteiger partial charge on any atom is 0.279 e. The van der Waals surface area contributed by atoms with Gasteiger partial charge >= 0.3 is 0 Å². The van der Waals surface area contributed by atoms with Crippen molar-refractivity contribution in [3.8, 4) is 0 Å². The molecule has 5 heteroatoms. The molecule has 0 radical (unpaired) electrons. The second-order valence-electron chi connectivity index (χ2n) is 3.83. The summed E-state index contributed by atoms with van der Waals surface area (Å²) >= 11 is 3.50. The highest BCUT2D eigenvalue weighted by Gasteiger charge is 2.30. The van der Waals surface area contributed by atoms with Gasteiger partial charge in [0.1, 0.15) is 0 Å². The first-order valence-corrected chi connectivity index (χ1v) is 6.15. The van der Waals surface area contributed by atoms with Crippen LogP contribution in [0, 0.1) is 0 Å². The van der Waals surface area contributed by atoms with Gasteiger partial charge in [-0.2, -0.15) is 0 Å². The minimum Gasteiger partial charge on any atom is -0.363 e. The number of likely N-dealkylation sites (N-methyl/N-ethyl adjacent to an activating group) is 1. The van der Waals surface area contributed by atoms with Crippen LogP contribution in [-0.2, 0) is 20.8 Å². The SMILES string of the molecule is CON(C)C(=O)C1OCCc2c(Br)cccc21. The molecule has 0 saturated carbocycles. The quantitative estimate of drug-likeness (QED) is 0.785. The zero-order chi connectivity index (χ0) is 12.4. The van der Waals surface area contributed by atoms with Gasteiger partial charge in [-0.05, 0) is 23.6 Å². The summed E-state index contributed by atoms with van der Waals surface area (Å²) in [6.07, 6.45) is 0.248. The molecule has 0 saturated heterocycles. The molecule has 0 spiro atoms. The Morgan fingerprint density at radius 1 is 1.59 bits per heavy atom. The predicted octanol–water partition coefficient (Wildman–Crippen LogP) is 2.08. The molecule has 1 aromatic rings. The van der Waals surface area contributed by atoms with Gasteiger partial charge in [0.2, 0.25) is 0 Å². The van der Waals surface area contributed by atoms with E-state index in [-0.39, 0.29) is 5.91 Å². The average molecular weight is 300 g/mol. The summed E-state index contributed by atoms with van der Waals surface area (Å²) in [7, 11) is 3.04. The van der Waals surface area contributed by atoms with Gasteiger partial charge < -0.3 is 4.74 Å². The lowest BCUT2D eigenvalue weighted by molar-refractivity contribution is -0.182. The molecule has 17 heavy (non-hydrogen) atoms. The molecule has 1 amide bonds. The van der Waals surface area contributed by atoms with E-state index in [2.05, 4.69) is 15.9 Å². The molecule has 1 aliphatic heterocycles. The van der Waals surface area contributed by atoms with Crippen LogP contribution in [0.3, 0.4) is 0 Å². The number of nitrogens with zero attached hydrogens (tertiary/aromatic N) is 1. The van der Waals surface area contributed by atoms with Crippen molar-refractivity contribution < 1.29 is 14.4 Å². The fraction of sp³-hybridized carbons (Fsp3) is 0.417. The lowest BCUT2D eigenvalue weighted by Gasteiger charge is -2.28. The van der Waals surface area contributed by atoms with Crippen molar-refractivity contribution in [2.75, 3.05) is 20.8 Å². The summed E-state index contributed by atoms with van der Waals surface area (Å²) < 4.78 is 6.58. The van der Waals surface area contributed by atoms with E-state index in [1.165, 1.54) is 12.2 Å². The number of halogens is 1. The molecule has 0 bridgehead atoms. The first kappa shape index (κ1) is 12.5. The van der Waals surface area contributed by atoms with Crippen molar-refractivity contribution in [2.24, 2.45) is 0 Å². The molecule has 0 N–H and O–H groups in total. The van der Waals surface area contributed by atoms with Crippen molar-refractivity contribution in [3.63, 3.8) is 0 Å². The van der Waals surface area contributed by atoms with E-state index in [1.807, 2.05) is 18.2 Å². The highest BCUT2D eigenvalue weighted by molar-refractivity contribution is 9.10. The van der Waals surface area contributed by atoms with Crippen LogP contribution in [0.1, 0.15) is 17.2 Å². The van der Waals surface area contributed by atoms with Gasteiger partial charge in [0.15, 0.2) is 6.10 Å². The van der Waals surface area contributed by atoms with Crippen LogP contribution in [0.25, 0.3) is 0 Å². The monoisotopic (exact) mass is 299 g/mol. The van der Waals surface area contributed by atoms with Crippen LogP contribution in [0.4, 0.5) is 0 Å². The molecule has 1 heterocycles. The van der Waals surface area contributed by atoms with E-state index >= 15 is 0 Å². The minimum absolute atomic E-state index is 0.188. The number of hydrogen-bond acceptors (Lipinski definition) is 3. The van der Waals surface area contributed by atoms with Gasteiger partial charge in [0.25, 0.3) is 5.91 Å². The fourth-order valence-electron chi connectivity index (χ4n) is 1.91. The Balaban J connectivity index is 2.35. The second kappa shape index (κ2) is 5.16. The molecular weight excluding hydrogens is 286 g/mol. The highest BCUT2D eigenvalue weighted by atomic mass is 79.9. The summed E-state index contributed by atoms with van der Waals surface area (Å²) in [5.41, 5.74) is 2.06. The van der Waals surface area contributed by atoms with Gasteiger partial charge in [0, 0.05) is 11.5 Å². The Labute approximate surface area is 109 Å². The van der Waals surface area contributed by atoms with Gasteiger partial charge in [-0.3, -0.25) is 9.63 Å². The standard InChI is InChI=1S/C12H14BrNO3/c1-14(16-2)12(15)11-9-4-3-5-10(13)8(9)6-7-17-11/h3-5,11H,6-7H2,1-2H3. The smallest absolute Gasteiger partial charge is 0.279 e. The summed E-state index contributed by atoms with van der Waals surface area (Å²) in [5, 5.41) is 1.20. The van der Waals surface area contributed by atoms with Crippen LogP contribution in [0.2, 0.25) is 0 Å². The van der Waals surface area contributed by atoms with Crippen molar-refractivity contribution >= 4 is 21.8 Å². The molecule has 0 aliphatic carbocycles. The first-order chi connectivity index (χ1) is 8.15. The Bertz CT molecular complexity index is 436. The number of fused-ring (bicyclic) bond motifs is 1. The van der Waals surface area contributed by atoms with Crippen molar-refractivity contribution in [3.05, 3.63) is 33.8 Å². The Kier molecular flexibility index (Phi) is 3.81. The summed E-state index contributed by atoms with van der Waals surface area (Å²) in [4.78, 5) is 17.0. The fourth-order valence-corrected chi connectivity index (χ4v) is 2.49. The largest absolute Gasteiger partial charge is 0.363 e. The van der Waals surface area contributed by atoms with Crippen molar-refractivity contribution in [2.45, 2.75) is 12.5 Å². The number of hydroxylamine groups is 2.